The molecule has 2 nitrogen and oxygen atoms in total. The lowest BCUT2D eigenvalue weighted by molar-refractivity contribution is 0.0210. The fraction of sp³-hybridized carbons (Fsp3) is 0.778. The number of hydrogen-bond donors (Lipinski definition) is 1. The Balaban J connectivity index is 2.59. The lowest BCUT2D eigenvalue weighted by atomic mass is 10.1. The Hall–Kier alpha value is -0.520. The Bertz CT molecular complexity index is 171. The van der Waals surface area contributed by atoms with Crippen LogP contribution in [0.15, 0.2) is 0 Å². The molecule has 0 saturated carbocycles. The normalized spacial score (nSPS) is 35.1. The minimum absolute atomic E-state index is 0.144. The quantitative estimate of drug-likeness (QED) is 0.560. The van der Waals surface area contributed by atoms with Gasteiger partial charge in [-0.25, -0.2) is 0 Å². The maximum Gasteiger partial charge on any atom is 0.105 e. The first-order valence-corrected chi connectivity index (χ1v) is 4.05. The summed E-state index contributed by atoms with van der Waals surface area (Å²) in [6.45, 7) is 4.85. The summed E-state index contributed by atoms with van der Waals surface area (Å²) in [4.78, 5) is 1.96. The number of aliphatic hydroxyl groups is 1. The van der Waals surface area contributed by atoms with Gasteiger partial charge in [-0.2, -0.15) is 0 Å². The summed E-state index contributed by atoms with van der Waals surface area (Å²) in [5, 5.41) is 9.30. The van der Waals surface area contributed by atoms with E-state index in [4.69, 9.17) is 6.42 Å². The van der Waals surface area contributed by atoms with E-state index in [-0.39, 0.29) is 6.04 Å². The largest absolute Gasteiger partial charge is 0.379 e. The SMILES string of the molecule is C#CC1CC(C)CN1C(C)O. The summed E-state index contributed by atoms with van der Waals surface area (Å²) in [6.07, 6.45) is 5.93. The van der Waals surface area contributed by atoms with Crippen molar-refractivity contribution in [2.75, 3.05) is 6.54 Å². The van der Waals surface area contributed by atoms with Gasteiger partial charge in [-0.05, 0) is 19.3 Å². The molecule has 1 aliphatic heterocycles. The fourth-order valence-electron chi connectivity index (χ4n) is 1.65. The van der Waals surface area contributed by atoms with Crippen LogP contribution in [0, 0.1) is 18.3 Å². The van der Waals surface area contributed by atoms with Crippen LogP contribution in [0.4, 0.5) is 0 Å². The van der Waals surface area contributed by atoms with E-state index < -0.39 is 6.23 Å². The van der Waals surface area contributed by atoms with Gasteiger partial charge in [0.2, 0.25) is 0 Å². The van der Waals surface area contributed by atoms with Gasteiger partial charge in [-0.1, -0.05) is 12.8 Å². The molecule has 0 radical (unpaired) electrons. The molecule has 62 valence electrons. The molecule has 1 aliphatic rings. The molecule has 3 atom stereocenters. The van der Waals surface area contributed by atoms with Gasteiger partial charge in [0.1, 0.15) is 6.23 Å². The van der Waals surface area contributed by atoms with Crippen molar-refractivity contribution in [3.8, 4) is 12.3 Å². The first-order chi connectivity index (χ1) is 5.15. The molecule has 0 aliphatic carbocycles. The van der Waals surface area contributed by atoms with Crippen LogP contribution in [-0.2, 0) is 0 Å². The van der Waals surface area contributed by atoms with E-state index >= 15 is 0 Å². The third-order valence-corrected chi connectivity index (χ3v) is 2.22. The summed E-state index contributed by atoms with van der Waals surface area (Å²) in [7, 11) is 0. The predicted octanol–water partition coefficient (Wildman–Crippen LogP) is 0.668. The average molecular weight is 153 g/mol. The summed E-state index contributed by atoms with van der Waals surface area (Å²) < 4.78 is 0. The molecule has 3 unspecified atom stereocenters. The van der Waals surface area contributed by atoms with Crippen molar-refractivity contribution in [2.24, 2.45) is 5.92 Å². The molecule has 1 heterocycles. The van der Waals surface area contributed by atoms with Crippen LogP contribution in [0.5, 0.6) is 0 Å². The second-order valence-corrected chi connectivity index (χ2v) is 3.35. The zero-order chi connectivity index (χ0) is 8.43. The van der Waals surface area contributed by atoms with E-state index in [9.17, 15) is 5.11 Å². The van der Waals surface area contributed by atoms with Gasteiger partial charge in [0.05, 0.1) is 6.04 Å². The number of aliphatic hydroxyl groups excluding tert-OH is 1. The molecular weight excluding hydrogens is 138 g/mol. The van der Waals surface area contributed by atoms with Crippen molar-refractivity contribution in [3.63, 3.8) is 0 Å². The summed E-state index contributed by atoms with van der Waals surface area (Å²) >= 11 is 0. The lowest BCUT2D eigenvalue weighted by Gasteiger charge is -2.22. The van der Waals surface area contributed by atoms with E-state index in [1.807, 2.05) is 4.90 Å². The fourth-order valence-corrected chi connectivity index (χ4v) is 1.65. The second kappa shape index (κ2) is 3.25. The summed E-state index contributed by atoms with van der Waals surface area (Å²) in [6, 6.07) is 0.144. The molecule has 0 aromatic rings. The maximum atomic E-state index is 9.30. The van der Waals surface area contributed by atoms with E-state index in [0.29, 0.717) is 5.92 Å². The topological polar surface area (TPSA) is 23.5 Å². The lowest BCUT2D eigenvalue weighted by Crippen LogP contribution is -2.36. The Morgan fingerprint density at radius 2 is 2.36 bits per heavy atom. The Morgan fingerprint density at radius 1 is 1.73 bits per heavy atom. The van der Waals surface area contributed by atoms with Gasteiger partial charge in [-0.3, -0.25) is 4.90 Å². The number of likely N-dealkylation sites (tertiary alicyclic amines) is 1. The summed E-state index contributed by atoms with van der Waals surface area (Å²) in [5.74, 6) is 3.31. The molecule has 2 heteroatoms. The highest BCUT2D eigenvalue weighted by Crippen LogP contribution is 2.23. The number of rotatable bonds is 1. The standard InChI is InChI=1S/C9H15NO/c1-4-9-5-7(2)6-10(9)8(3)11/h1,7-9,11H,5-6H2,2-3H3. The predicted molar refractivity (Wildman–Crippen MR) is 44.8 cm³/mol. The number of hydrogen-bond acceptors (Lipinski definition) is 2. The highest BCUT2D eigenvalue weighted by Gasteiger charge is 2.30. The molecular formula is C9H15NO. The second-order valence-electron chi connectivity index (χ2n) is 3.35. The van der Waals surface area contributed by atoms with Crippen LogP contribution in [0.2, 0.25) is 0 Å². The first-order valence-electron chi connectivity index (χ1n) is 4.05. The Morgan fingerprint density at radius 3 is 2.73 bits per heavy atom. The van der Waals surface area contributed by atoms with E-state index in [2.05, 4.69) is 12.8 Å². The monoisotopic (exact) mass is 153 g/mol. The van der Waals surface area contributed by atoms with Gasteiger partial charge in [0.15, 0.2) is 0 Å². The molecule has 0 amide bonds. The highest BCUT2D eigenvalue weighted by atomic mass is 16.3. The van der Waals surface area contributed by atoms with Crippen molar-refractivity contribution >= 4 is 0 Å². The first kappa shape index (κ1) is 8.58. The Labute approximate surface area is 68.2 Å². The van der Waals surface area contributed by atoms with Crippen LogP contribution in [-0.4, -0.2) is 28.8 Å². The minimum Gasteiger partial charge on any atom is -0.379 e. The highest BCUT2D eigenvalue weighted by molar-refractivity contribution is 5.04. The molecule has 0 spiro atoms. The number of terminal acetylenes is 1. The van der Waals surface area contributed by atoms with Crippen molar-refractivity contribution in [1.29, 1.82) is 0 Å². The van der Waals surface area contributed by atoms with E-state index in [1.165, 1.54) is 0 Å². The smallest absolute Gasteiger partial charge is 0.105 e. The van der Waals surface area contributed by atoms with Crippen molar-refractivity contribution in [1.82, 2.24) is 4.90 Å². The van der Waals surface area contributed by atoms with Crippen molar-refractivity contribution in [2.45, 2.75) is 32.5 Å². The third-order valence-electron chi connectivity index (χ3n) is 2.22. The number of nitrogens with zero attached hydrogens (tertiary/aromatic N) is 1. The molecule has 11 heavy (non-hydrogen) atoms. The van der Waals surface area contributed by atoms with Crippen LogP contribution < -0.4 is 0 Å². The molecule has 0 bridgehead atoms. The van der Waals surface area contributed by atoms with Gasteiger partial charge in [0.25, 0.3) is 0 Å². The molecule has 1 rings (SSSR count). The van der Waals surface area contributed by atoms with Gasteiger partial charge < -0.3 is 5.11 Å². The van der Waals surface area contributed by atoms with Crippen LogP contribution in [0.3, 0.4) is 0 Å². The molecule has 1 saturated heterocycles. The molecule has 0 aromatic carbocycles. The van der Waals surface area contributed by atoms with Gasteiger partial charge in [0, 0.05) is 6.54 Å². The summed E-state index contributed by atoms with van der Waals surface area (Å²) in [5.41, 5.74) is 0. The zero-order valence-electron chi connectivity index (χ0n) is 7.12. The van der Waals surface area contributed by atoms with Gasteiger partial charge >= 0.3 is 0 Å². The molecule has 0 aromatic heterocycles. The Kier molecular flexibility index (Phi) is 2.53. The van der Waals surface area contributed by atoms with Crippen LogP contribution in [0.25, 0.3) is 0 Å². The molecule has 1 N–H and O–H groups in total. The van der Waals surface area contributed by atoms with E-state index in [0.717, 1.165) is 13.0 Å². The van der Waals surface area contributed by atoms with Crippen LogP contribution in [0.1, 0.15) is 20.3 Å². The van der Waals surface area contributed by atoms with Crippen LogP contribution >= 0.6 is 0 Å². The van der Waals surface area contributed by atoms with Crippen molar-refractivity contribution < 1.29 is 5.11 Å². The van der Waals surface area contributed by atoms with Crippen molar-refractivity contribution in [3.05, 3.63) is 0 Å². The minimum atomic E-state index is -0.402. The molecule has 1 fully saturated rings. The maximum absolute atomic E-state index is 9.30. The third kappa shape index (κ3) is 1.74. The average Bonchev–Trinajstić information content (AvgIpc) is 2.30. The van der Waals surface area contributed by atoms with Gasteiger partial charge in [-0.15, -0.1) is 6.42 Å². The van der Waals surface area contributed by atoms with E-state index in [1.54, 1.807) is 6.92 Å². The zero-order valence-corrected chi connectivity index (χ0v) is 7.12.